The Bertz CT molecular complexity index is 558. The first-order valence-electron chi connectivity index (χ1n) is 5.16. The number of hydrogen-bond donors (Lipinski definition) is 2. The van der Waals surface area contributed by atoms with Crippen LogP contribution in [-0.4, -0.2) is 21.0 Å². The first-order valence-corrected chi connectivity index (χ1v) is 7.02. The van der Waals surface area contributed by atoms with Crippen molar-refractivity contribution in [2.45, 2.75) is 24.0 Å². The maximum Gasteiger partial charge on any atom is 0.417 e. The van der Waals surface area contributed by atoms with Gasteiger partial charge in [-0.2, -0.15) is 13.2 Å². The third-order valence-corrected chi connectivity index (χ3v) is 3.85. The van der Waals surface area contributed by atoms with Gasteiger partial charge < -0.3 is 5.73 Å². The fourth-order valence-corrected chi connectivity index (χ4v) is 2.80. The van der Waals surface area contributed by atoms with E-state index in [0.29, 0.717) is 6.07 Å². The van der Waals surface area contributed by atoms with Crippen molar-refractivity contribution in [3.8, 4) is 0 Å². The van der Waals surface area contributed by atoms with Crippen LogP contribution in [0.1, 0.15) is 12.5 Å². The maximum absolute atomic E-state index is 12.8. The maximum atomic E-state index is 12.8. The molecule has 0 radical (unpaired) electrons. The van der Waals surface area contributed by atoms with E-state index in [1.807, 2.05) is 4.72 Å². The number of hydrogen-bond acceptors (Lipinski definition) is 3. The molecule has 1 aromatic carbocycles. The summed E-state index contributed by atoms with van der Waals surface area (Å²) in [6, 6.07) is 1.95. The van der Waals surface area contributed by atoms with Crippen LogP contribution in [0.4, 0.5) is 13.2 Å². The van der Waals surface area contributed by atoms with Gasteiger partial charge in [-0.1, -0.05) is 11.6 Å². The summed E-state index contributed by atoms with van der Waals surface area (Å²) in [6.45, 7) is 1.36. The summed E-state index contributed by atoms with van der Waals surface area (Å²) in [6.07, 6.45) is -4.82. The quantitative estimate of drug-likeness (QED) is 0.892. The van der Waals surface area contributed by atoms with Gasteiger partial charge in [-0.15, -0.1) is 0 Å². The molecule has 9 heteroatoms. The second-order valence-corrected chi connectivity index (χ2v) is 6.14. The van der Waals surface area contributed by atoms with E-state index in [2.05, 4.69) is 0 Å². The molecular weight excluding hydrogens is 305 g/mol. The second-order valence-electron chi connectivity index (χ2n) is 3.97. The van der Waals surface area contributed by atoms with Gasteiger partial charge >= 0.3 is 6.18 Å². The van der Waals surface area contributed by atoms with E-state index in [4.69, 9.17) is 17.3 Å². The summed E-state index contributed by atoms with van der Waals surface area (Å²) in [4.78, 5) is -0.870. The minimum atomic E-state index is -4.82. The first-order chi connectivity index (χ1) is 8.54. The molecule has 0 amide bonds. The molecule has 0 saturated carbocycles. The van der Waals surface area contributed by atoms with Crippen LogP contribution in [-0.2, 0) is 16.2 Å². The third kappa shape index (κ3) is 4.34. The molecule has 1 aromatic rings. The second kappa shape index (κ2) is 5.66. The van der Waals surface area contributed by atoms with Crippen LogP contribution in [0, 0.1) is 0 Å². The van der Waals surface area contributed by atoms with Crippen molar-refractivity contribution in [2.24, 2.45) is 5.73 Å². The van der Waals surface area contributed by atoms with E-state index in [1.165, 1.54) is 6.92 Å². The van der Waals surface area contributed by atoms with Crippen molar-refractivity contribution in [3.63, 3.8) is 0 Å². The lowest BCUT2D eigenvalue weighted by molar-refractivity contribution is -0.139. The number of halogens is 4. The molecule has 0 aliphatic heterocycles. The lowest BCUT2D eigenvalue weighted by Gasteiger charge is -2.15. The Kier molecular flexibility index (Phi) is 4.83. The van der Waals surface area contributed by atoms with Crippen molar-refractivity contribution in [1.82, 2.24) is 4.72 Å². The molecule has 0 heterocycles. The Hall–Kier alpha value is -0.830. The molecule has 0 bridgehead atoms. The highest BCUT2D eigenvalue weighted by molar-refractivity contribution is 7.89. The molecule has 0 fully saturated rings. The molecule has 1 unspecified atom stereocenters. The van der Waals surface area contributed by atoms with Crippen LogP contribution < -0.4 is 10.5 Å². The summed E-state index contributed by atoms with van der Waals surface area (Å²) in [5.74, 6) is 0. The molecular formula is C10H12ClF3N2O2S. The molecule has 0 saturated heterocycles. The van der Waals surface area contributed by atoms with Crippen molar-refractivity contribution in [1.29, 1.82) is 0 Å². The SMILES string of the molecule is CC(N)CNS(=O)(=O)c1ccc(Cl)cc1C(F)(F)F. The normalized spacial score (nSPS) is 14.4. The monoisotopic (exact) mass is 316 g/mol. The summed E-state index contributed by atoms with van der Waals surface area (Å²) in [5.41, 5.74) is 4.05. The number of alkyl halides is 3. The van der Waals surface area contributed by atoms with Crippen molar-refractivity contribution in [2.75, 3.05) is 6.54 Å². The number of sulfonamides is 1. The molecule has 1 atom stereocenters. The highest BCUT2D eigenvalue weighted by Crippen LogP contribution is 2.35. The molecule has 19 heavy (non-hydrogen) atoms. The average Bonchev–Trinajstić information content (AvgIpc) is 2.25. The third-order valence-electron chi connectivity index (χ3n) is 2.13. The fraction of sp³-hybridized carbons (Fsp3) is 0.400. The van der Waals surface area contributed by atoms with Crippen molar-refractivity contribution in [3.05, 3.63) is 28.8 Å². The average molecular weight is 317 g/mol. The minimum Gasteiger partial charge on any atom is -0.327 e. The van der Waals surface area contributed by atoms with Crippen LogP contribution in [0.2, 0.25) is 5.02 Å². The molecule has 0 spiro atoms. The van der Waals surface area contributed by atoms with Gasteiger partial charge in [0.25, 0.3) is 0 Å². The van der Waals surface area contributed by atoms with Crippen LogP contribution in [0.15, 0.2) is 23.1 Å². The molecule has 1 rings (SSSR count). The summed E-state index contributed by atoms with van der Waals surface area (Å²) in [7, 11) is -4.29. The van der Waals surface area contributed by atoms with Gasteiger partial charge in [0.2, 0.25) is 10.0 Å². The predicted octanol–water partition coefficient (Wildman–Crippen LogP) is 1.98. The fourth-order valence-electron chi connectivity index (χ4n) is 1.28. The molecule has 3 N–H and O–H groups in total. The van der Waals surface area contributed by atoms with E-state index < -0.39 is 32.7 Å². The van der Waals surface area contributed by atoms with Crippen molar-refractivity contribution >= 4 is 21.6 Å². The Morgan fingerprint density at radius 1 is 1.42 bits per heavy atom. The van der Waals surface area contributed by atoms with Gasteiger partial charge in [-0.25, -0.2) is 13.1 Å². The van der Waals surface area contributed by atoms with Crippen LogP contribution in [0.3, 0.4) is 0 Å². The predicted molar refractivity (Wildman–Crippen MR) is 65.3 cm³/mol. The Labute approximate surface area is 113 Å². The summed E-state index contributed by atoms with van der Waals surface area (Å²) >= 11 is 5.47. The Morgan fingerprint density at radius 3 is 2.47 bits per heavy atom. The van der Waals surface area contributed by atoms with Gasteiger partial charge in [0, 0.05) is 17.6 Å². The highest BCUT2D eigenvalue weighted by atomic mass is 35.5. The number of benzene rings is 1. The molecule has 0 aliphatic rings. The van der Waals surface area contributed by atoms with Crippen molar-refractivity contribution < 1.29 is 21.6 Å². The van der Waals surface area contributed by atoms with E-state index in [1.54, 1.807) is 0 Å². The van der Waals surface area contributed by atoms with E-state index in [9.17, 15) is 21.6 Å². The lowest BCUT2D eigenvalue weighted by Crippen LogP contribution is -2.35. The smallest absolute Gasteiger partial charge is 0.327 e. The van der Waals surface area contributed by atoms with Crippen LogP contribution in [0.25, 0.3) is 0 Å². The Balaban J connectivity index is 3.27. The number of nitrogens with one attached hydrogen (secondary N) is 1. The topological polar surface area (TPSA) is 72.2 Å². The zero-order valence-electron chi connectivity index (χ0n) is 9.83. The van der Waals surface area contributed by atoms with Gasteiger partial charge in [0.15, 0.2) is 0 Å². The lowest BCUT2D eigenvalue weighted by atomic mass is 10.2. The van der Waals surface area contributed by atoms with E-state index >= 15 is 0 Å². The largest absolute Gasteiger partial charge is 0.417 e. The standard InChI is InChI=1S/C10H12ClF3N2O2S/c1-6(15)5-16-19(17,18)9-3-2-7(11)4-8(9)10(12,13)14/h2-4,6,16H,5,15H2,1H3. The number of nitrogens with two attached hydrogens (primary N) is 1. The molecule has 108 valence electrons. The van der Waals surface area contributed by atoms with Crippen LogP contribution in [0.5, 0.6) is 0 Å². The molecule has 0 aromatic heterocycles. The summed E-state index contributed by atoms with van der Waals surface area (Å²) in [5, 5.41) is -0.196. The highest BCUT2D eigenvalue weighted by Gasteiger charge is 2.37. The first kappa shape index (κ1) is 16.2. The van der Waals surface area contributed by atoms with Gasteiger partial charge in [0.1, 0.15) is 0 Å². The van der Waals surface area contributed by atoms with Crippen LogP contribution >= 0.6 is 11.6 Å². The molecule has 4 nitrogen and oxygen atoms in total. The zero-order chi connectivity index (χ0) is 14.8. The minimum absolute atomic E-state index is 0.164. The number of rotatable bonds is 4. The van der Waals surface area contributed by atoms with E-state index in [0.717, 1.165) is 12.1 Å². The Morgan fingerprint density at radius 2 is 2.00 bits per heavy atom. The zero-order valence-corrected chi connectivity index (χ0v) is 11.4. The van der Waals surface area contributed by atoms with Gasteiger partial charge in [0.05, 0.1) is 10.5 Å². The summed E-state index contributed by atoms with van der Waals surface area (Å²) < 4.78 is 64.0. The molecule has 0 aliphatic carbocycles. The van der Waals surface area contributed by atoms with Gasteiger partial charge in [-0.05, 0) is 25.1 Å². The van der Waals surface area contributed by atoms with Gasteiger partial charge in [-0.3, -0.25) is 0 Å². The van der Waals surface area contributed by atoms with E-state index in [-0.39, 0.29) is 11.6 Å².